The first kappa shape index (κ1) is 15.5. The number of anilines is 1. The third-order valence-electron chi connectivity index (χ3n) is 3.04. The Bertz CT molecular complexity index is 431. The number of carbonyl (C=O) groups excluding carboxylic acids is 1. The molecule has 1 atom stereocenters. The van der Waals surface area contributed by atoms with Crippen LogP contribution in [-0.4, -0.2) is 15.7 Å². The predicted octanol–water partition coefficient (Wildman–Crippen LogP) is 2.08. The van der Waals surface area contributed by atoms with Crippen LogP contribution in [0.25, 0.3) is 0 Å². The number of nitrogens with two attached hydrogens (primary N) is 1. The maximum absolute atomic E-state index is 11.9. The summed E-state index contributed by atoms with van der Waals surface area (Å²) in [5.41, 5.74) is 6.94. The highest BCUT2D eigenvalue weighted by molar-refractivity contribution is 5.76. The Kier molecular flexibility index (Phi) is 4.97. The third kappa shape index (κ3) is 5.32. The summed E-state index contributed by atoms with van der Waals surface area (Å²) in [5, 5.41) is 6.94. The average Bonchev–Trinajstić information content (AvgIpc) is 2.54. The molecule has 0 aliphatic carbocycles. The van der Waals surface area contributed by atoms with Crippen molar-refractivity contribution < 1.29 is 4.79 Å². The SMILES string of the molecule is CC(CC(=O)NCc1cnn(C)c1N)CC(C)(C)C. The van der Waals surface area contributed by atoms with Gasteiger partial charge in [-0.1, -0.05) is 27.7 Å². The van der Waals surface area contributed by atoms with E-state index < -0.39 is 0 Å². The number of nitrogens with zero attached hydrogens (tertiary/aromatic N) is 2. The molecule has 0 saturated heterocycles. The Morgan fingerprint density at radius 2 is 2.16 bits per heavy atom. The number of carbonyl (C=O) groups is 1. The lowest BCUT2D eigenvalue weighted by molar-refractivity contribution is -0.122. The van der Waals surface area contributed by atoms with Crippen molar-refractivity contribution in [2.45, 2.75) is 47.1 Å². The Labute approximate surface area is 115 Å². The van der Waals surface area contributed by atoms with Crippen LogP contribution in [0.5, 0.6) is 0 Å². The fourth-order valence-electron chi connectivity index (χ4n) is 2.33. The van der Waals surface area contributed by atoms with Crippen LogP contribution in [0, 0.1) is 11.3 Å². The first-order valence-corrected chi connectivity index (χ1v) is 6.72. The van der Waals surface area contributed by atoms with Gasteiger partial charge in [-0.3, -0.25) is 9.48 Å². The lowest BCUT2D eigenvalue weighted by Crippen LogP contribution is -2.26. The minimum absolute atomic E-state index is 0.0694. The van der Waals surface area contributed by atoms with E-state index in [2.05, 4.69) is 38.1 Å². The summed E-state index contributed by atoms with van der Waals surface area (Å²) in [4.78, 5) is 11.9. The Balaban J connectivity index is 2.38. The zero-order valence-electron chi connectivity index (χ0n) is 12.7. The number of amides is 1. The maximum Gasteiger partial charge on any atom is 0.220 e. The molecule has 5 heteroatoms. The molecule has 3 N–H and O–H groups in total. The zero-order chi connectivity index (χ0) is 14.6. The van der Waals surface area contributed by atoms with Crippen molar-refractivity contribution in [3.8, 4) is 0 Å². The van der Waals surface area contributed by atoms with Crippen LogP contribution < -0.4 is 11.1 Å². The summed E-state index contributed by atoms with van der Waals surface area (Å²) in [6.45, 7) is 9.14. The third-order valence-corrected chi connectivity index (χ3v) is 3.04. The van der Waals surface area contributed by atoms with E-state index in [0.29, 0.717) is 24.7 Å². The van der Waals surface area contributed by atoms with Gasteiger partial charge in [-0.2, -0.15) is 5.10 Å². The van der Waals surface area contributed by atoms with Crippen LogP contribution >= 0.6 is 0 Å². The predicted molar refractivity (Wildman–Crippen MR) is 77.3 cm³/mol. The highest BCUT2D eigenvalue weighted by Gasteiger charge is 2.17. The number of nitrogens with one attached hydrogen (secondary N) is 1. The number of rotatable bonds is 5. The monoisotopic (exact) mass is 266 g/mol. The van der Waals surface area contributed by atoms with Crippen molar-refractivity contribution in [3.63, 3.8) is 0 Å². The highest BCUT2D eigenvalue weighted by Crippen LogP contribution is 2.25. The molecule has 108 valence electrons. The molecule has 1 amide bonds. The van der Waals surface area contributed by atoms with Crippen molar-refractivity contribution in [2.75, 3.05) is 5.73 Å². The lowest BCUT2D eigenvalue weighted by atomic mass is 9.84. The molecular weight excluding hydrogens is 240 g/mol. The molecule has 0 bridgehead atoms. The van der Waals surface area contributed by atoms with Crippen LogP contribution in [0.1, 0.15) is 46.1 Å². The van der Waals surface area contributed by atoms with Gasteiger partial charge in [-0.15, -0.1) is 0 Å². The normalized spacial score (nSPS) is 13.3. The largest absolute Gasteiger partial charge is 0.384 e. The van der Waals surface area contributed by atoms with Crippen molar-refractivity contribution in [1.29, 1.82) is 0 Å². The van der Waals surface area contributed by atoms with Crippen molar-refractivity contribution in [1.82, 2.24) is 15.1 Å². The highest BCUT2D eigenvalue weighted by atomic mass is 16.1. The maximum atomic E-state index is 11.9. The van der Waals surface area contributed by atoms with Gasteiger partial charge in [-0.05, 0) is 17.8 Å². The quantitative estimate of drug-likeness (QED) is 0.857. The lowest BCUT2D eigenvalue weighted by Gasteiger charge is -2.22. The minimum atomic E-state index is 0.0694. The van der Waals surface area contributed by atoms with E-state index in [9.17, 15) is 4.79 Å². The van der Waals surface area contributed by atoms with Crippen molar-refractivity contribution >= 4 is 11.7 Å². The summed E-state index contributed by atoms with van der Waals surface area (Å²) < 4.78 is 1.60. The van der Waals surface area contributed by atoms with E-state index in [1.807, 2.05) is 0 Å². The van der Waals surface area contributed by atoms with Gasteiger partial charge in [0.15, 0.2) is 0 Å². The second-order valence-electron chi connectivity index (χ2n) is 6.53. The van der Waals surface area contributed by atoms with Crippen molar-refractivity contribution in [2.24, 2.45) is 18.4 Å². The van der Waals surface area contributed by atoms with Gasteiger partial charge in [0.05, 0.1) is 6.20 Å². The fourth-order valence-corrected chi connectivity index (χ4v) is 2.33. The number of aromatic nitrogens is 2. The molecule has 0 aromatic carbocycles. The summed E-state index contributed by atoms with van der Waals surface area (Å²) in [6, 6.07) is 0. The molecule has 1 aromatic rings. The van der Waals surface area contributed by atoms with E-state index in [1.165, 1.54) is 0 Å². The average molecular weight is 266 g/mol. The molecule has 5 nitrogen and oxygen atoms in total. The molecule has 1 aromatic heterocycles. The number of hydrogen-bond donors (Lipinski definition) is 2. The van der Waals surface area contributed by atoms with Crippen LogP contribution in [0.2, 0.25) is 0 Å². The molecule has 0 aliphatic heterocycles. The molecule has 0 radical (unpaired) electrons. The Morgan fingerprint density at radius 1 is 1.53 bits per heavy atom. The smallest absolute Gasteiger partial charge is 0.220 e. The van der Waals surface area contributed by atoms with Crippen LogP contribution in [0.3, 0.4) is 0 Å². The summed E-state index contributed by atoms with van der Waals surface area (Å²) in [7, 11) is 1.78. The summed E-state index contributed by atoms with van der Waals surface area (Å²) in [6.07, 6.45) is 3.28. The van der Waals surface area contributed by atoms with Crippen molar-refractivity contribution in [3.05, 3.63) is 11.8 Å². The molecule has 0 fully saturated rings. The first-order valence-electron chi connectivity index (χ1n) is 6.72. The molecule has 1 heterocycles. The van der Waals surface area contributed by atoms with Gasteiger partial charge < -0.3 is 11.1 Å². The van der Waals surface area contributed by atoms with Gasteiger partial charge in [0.2, 0.25) is 5.91 Å². The fraction of sp³-hybridized carbons (Fsp3) is 0.714. The molecule has 1 rings (SSSR count). The molecule has 0 aliphatic rings. The standard InChI is InChI=1S/C14H26N4O/c1-10(7-14(2,3)4)6-12(19)16-8-11-9-17-18(5)13(11)15/h9-10H,6-8,15H2,1-5H3,(H,16,19). The minimum Gasteiger partial charge on any atom is -0.384 e. The van der Waals surface area contributed by atoms with Gasteiger partial charge in [-0.25, -0.2) is 0 Å². The molecule has 1 unspecified atom stereocenters. The molecule has 0 spiro atoms. The second-order valence-corrected chi connectivity index (χ2v) is 6.53. The van der Waals surface area contributed by atoms with E-state index in [4.69, 9.17) is 5.73 Å². The first-order chi connectivity index (χ1) is 8.69. The second kappa shape index (κ2) is 6.08. The van der Waals surface area contributed by atoms with Gasteiger partial charge in [0.25, 0.3) is 0 Å². The topological polar surface area (TPSA) is 72.9 Å². The number of nitrogen functional groups attached to an aromatic ring is 1. The zero-order valence-corrected chi connectivity index (χ0v) is 12.7. The van der Waals surface area contributed by atoms with Crippen LogP contribution in [0.4, 0.5) is 5.82 Å². The van der Waals surface area contributed by atoms with Gasteiger partial charge >= 0.3 is 0 Å². The van der Waals surface area contributed by atoms with E-state index in [1.54, 1.807) is 17.9 Å². The van der Waals surface area contributed by atoms with Crippen LogP contribution in [-0.2, 0) is 18.4 Å². The van der Waals surface area contributed by atoms with Gasteiger partial charge in [0.1, 0.15) is 5.82 Å². The number of hydrogen-bond acceptors (Lipinski definition) is 3. The molecule has 0 saturated carbocycles. The number of aryl methyl sites for hydroxylation is 1. The Morgan fingerprint density at radius 3 is 2.63 bits per heavy atom. The van der Waals surface area contributed by atoms with Crippen LogP contribution in [0.15, 0.2) is 6.20 Å². The molecule has 19 heavy (non-hydrogen) atoms. The van der Waals surface area contributed by atoms with E-state index in [-0.39, 0.29) is 11.3 Å². The van der Waals surface area contributed by atoms with E-state index >= 15 is 0 Å². The van der Waals surface area contributed by atoms with E-state index in [0.717, 1.165) is 12.0 Å². The summed E-state index contributed by atoms with van der Waals surface area (Å²) >= 11 is 0. The Hall–Kier alpha value is -1.52. The van der Waals surface area contributed by atoms with Gasteiger partial charge in [0, 0.05) is 25.6 Å². The molecular formula is C14H26N4O. The summed E-state index contributed by atoms with van der Waals surface area (Å²) in [5.74, 6) is 1.05.